The van der Waals surface area contributed by atoms with Crippen molar-refractivity contribution in [3.05, 3.63) is 54.1 Å². The molecule has 2 aromatic rings. The summed E-state index contributed by atoms with van der Waals surface area (Å²) < 4.78 is 5.44. The highest BCUT2D eigenvalue weighted by atomic mass is 16.5. The summed E-state index contributed by atoms with van der Waals surface area (Å²) in [6, 6.07) is 14.4. The third kappa shape index (κ3) is 4.02. The maximum Gasteiger partial charge on any atom is 0.227 e. The van der Waals surface area contributed by atoms with Gasteiger partial charge in [-0.25, -0.2) is 0 Å². The Hall–Kier alpha value is -2.49. The van der Waals surface area contributed by atoms with Crippen molar-refractivity contribution in [3.63, 3.8) is 0 Å². The normalized spacial score (nSPS) is 10.1. The fourth-order valence-electron chi connectivity index (χ4n) is 1.74. The highest BCUT2D eigenvalue weighted by Gasteiger charge is 2.06. The molecule has 0 bridgehead atoms. The number of para-hydroxylation sites is 1. The molecule has 0 heterocycles. The summed E-state index contributed by atoms with van der Waals surface area (Å²) in [6.07, 6.45) is 0.224. The van der Waals surface area contributed by atoms with Crippen LogP contribution in [-0.4, -0.2) is 17.6 Å². The van der Waals surface area contributed by atoms with E-state index in [-0.39, 0.29) is 18.1 Å². The van der Waals surface area contributed by atoms with Gasteiger partial charge in [0.15, 0.2) is 0 Å². The zero-order valence-corrected chi connectivity index (χ0v) is 11.3. The number of benzene rings is 2. The monoisotopic (exact) mass is 271 g/mol. The first-order chi connectivity index (χ1) is 9.65. The SMILES string of the molecule is Cc1ccc(O)c(NC(=O)CCOc2ccccc2)c1. The first-order valence-corrected chi connectivity index (χ1v) is 6.42. The van der Waals surface area contributed by atoms with Gasteiger partial charge >= 0.3 is 0 Å². The molecule has 4 heteroatoms. The molecule has 0 aliphatic carbocycles. The van der Waals surface area contributed by atoms with E-state index in [4.69, 9.17) is 4.74 Å². The summed E-state index contributed by atoms with van der Waals surface area (Å²) in [7, 11) is 0. The fraction of sp³-hybridized carbons (Fsp3) is 0.188. The fourth-order valence-corrected chi connectivity index (χ4v) is 1.74. The molecule has 0 radical (unpaired) electrons. The summed E-state index contributed by atoms with van der Waals surface area (Å²) in [5.74, 6) is 0.605. The van der Waals surface area contributed by atoms with Crippen molar-refractivity contribution < 1.29 is 14.6 Å². The lowest BCUT2D eigenvalue weighted by Crippen LogP contribution is -2.15. The molecule has 0 aliphatic rings. The molecule has 2 N–H and O–H groups in total. The van der Waals surface area contributed by atoms with Gasteiger partial charge in [-0.2, -0.15) is 0 Å². The molecule has 104 valence electrons. The van der Waals surface area contributed by atoms with E-state index < -0.39 is 0 Å². The van der Waals surface area contributed by atoms with E-state index in [0.717, 1.165) is 11.3 Å². The van der Waals surface area contributed by atoms with E-state index in [2.05, 4.69) is 5.32 Å². The van der Waals surface area contributed by atoms with Crippen molar-refractivity contribution in [2.24, 2.45) is 0 Å². The van der Waals surface area contributed by atoms with E-state index in [1.54, 1.807) is 18.2 Å². The number of aromatic hydroxyl groups is 1. The number of nitrogens with one attached hydrogen (secondary N) is 1. The van der Waals surface area contributed by atoms with Crippen LogP contribution in [0.3, 0.4) is 0 Å². The molecule has 0 spiro atoms. The van der Waals surface area contributed by atoms with E-state index in [0.29, 0.717) is 12.3 Å². The molecule has 0 atom stereocenters. The van der Waals surface area contributed by atoms with Gasteiger partial charge in [-0.15, -0.1) is 0 Å². The van der Waals surface area contributed by atoms with Crippen molar-refractivity contribution in [2.75, 3.05) is 11.9 Å². The largest absolute Gasteiger partial charge is 0.506 e. The molecule has 20 heavy (non-hydrogen) atoms. The first kappa shape index (κ1) is 13.9. The summed E-state index contributed by atoms with van der Waals surface area (Å²) in [6.45, 7) is 2.19. The van der Waals surface area contributed by atoms with E-state index in [1.165, 1.54) is 0 Å². The third-order valence-electron chi connectivity index (χ3n) is 2.77. The van der Waals surface area contributed by atoms with Gasteiger partial charge in [-0.1, -0.05) is 24.3 Å². The van der Waals surface area contributed by atoms with Crippen molar-refractivity contribution in [3.8, 4) is 11.5 Å². The number of ether oxygens (including phenoxy) is 1. The third-order valence-corrected chi connectivity index (χ3v) is 2.77. The number of amides is 1. The zero-order chi connectivity index (χ0) is 14.4. The first-order valence-electron chi connectivity index (χ1n) is 6.42. The lowest BCUT2D eigenvalue weighted by atomic mass is 10.2. The number of hydrogen-bond donors (Lipinski definition) is 2. The van der Waals surface area contributed by atoms with Crippen LogP contribution in [0.5, 0.6) is 11.5 Å². The number of phenolic OH excluding ortho intramolecular Hbond substituents is 1. The van der Waals surface area contributed by atoms with Crippen LogP contribution < -0.4 is 10.1 Å². The second-order valence-electron chi connectivity index (χ2n) is 4.48. The quantitative estimate of drug-likeness (QED) is 0.821. The number of aryl methyl sites for hydroxylation is 1. The van der Waals surface area contributed by atoms with Crippen LogP contribution in [0.15, 0.2) is 48.5 Å². The Bertz CT molecular complexity index is 582. The van der Waals surface area contributed by atoms with Crippen molar-refractivity contribution >= 4 is 11.6 Å². The molecule has 0 unspecified atom stereocenters. The maximum atomic E-state index is 11.8. The van der Waals surface area contributed by atoms with Gasteiger partial charge in [0, 0.05) is 0 Å². The molecule has 0 fully saturated rings. The molecule has 0 aromatic heterocycles. The van der Waals surface area contributed by atoms with Crippen LogP contribution in [-0.2, 0) is 4.79 Å². The Morgan fingerprint density at radius 1 is 1.20 bits per heavy atom. The van der Waals surface area contributed by atoms with Crippen LogP contribution in [0.25, 0.3) is 0 Å². The summed E-state index contributed by atoms with van der Waals surface area (Å²) in [5.41, 5.74) is 1.40. The smallest absolute Gasteiger partial charge is 0.227 e. The minimum absolute atomic E-state index is 0.0629. The number of carbonyl (C=O) groups excluding carboxylic acids is 1. The standard InChI is InChI=1S/C16H17NO3/c1-12-7-8-15(18)14(11-12)17-16(19)9-10-20-13-5-3-2-4-6-13/h2-8,11,18H,9-10H2,1H3,(H,17,19). The van der Waals surface area contributed by atoms with Crippen LogP contribution in [0.4, 0.5) is 5.69 Å². The molecule has 1 amide bonds. The number of hydrogen-bond acceptors (Lipinski definition) is 3. The lowest BCUT2D eigenvalue weighted by molar-refractivity contribution is -0.116. The molecule has 2 rings (SSSR count). The van der Waals surface area contributed by atoms with Crippen molar-refractivity contribution in [1.29, 1.82) is 0 Å². The summed E-state index contributed by atoms with van der Waals surface area (Å²) in [4.78, 5) is 11.8. The van der Waals surface area contributed by atoms with Gasteiger partial charge in [-0.05, 0) is 36.8 Å². The summed E-state index contributed by atoms with van der Waals surface area (Å²) in [5, 5.41) is 12.3. The van der Waals surface area contributed by atoms with Gasteiger partial charge < -0.3 is 15.2 Å². The topological polar surface area (TPSA) is 58.6 Å². The molecule has 2 aromatic carbocycles. The van der Waals surface area contributed by atoms with Crippen LogP contribution >= 0.6 is 0 Å². The zero-order valence-electron chi connectivity index (χ0n) is 11.3. The molecular weight excluding hydrogens is 254 g/mol. The van der Waals surface area contributed by atoms with E-state index >= 15 is 0 Å². The Kier molecular flexibility index (Phi) is 4.60. The van der Waals surface area contributed by atoms with Gasteiger partial charge in [0.2, 0.25) is 5.91 Å². The Labute approximate surface area is 118 Å². The van der Waals surface area contributed by atoms with E-state index in [1.807, 2.05) is 37.3 Å². The second kappa shape index (κ2) is 6.61. The predicted octanol–water partition coefficient (Wildman–Crippen LogP) is 3.11. The van der Waals surface area contributed by atoms with Crippen LogP contribution in [0.2, 0.25) is 0 Å². The van der Waals surface area contributed by atoms with Crippen molar-refractivity contribution in [2.45, 2.75) is 13.3 Å². The maximum absolute atomic E-state index is 11.8. The minimum Gasteiger partial charge on any atom is -0.506 e. The Balaban J connectivity index is 1.82. The van der Waals surface area contributed by atoms with Gasteiger partial charge in [0.25, 0.3) is 0 Å². The van der Waals surface area contributed by atoms with Gasteiger partial charge in [-0.3, -0.25) is 4.79 Å². The highest BCUT2D eigenvalue weighted by Crippen LogP contribution is 2.23. The number of rotatable bonds is 5. The molecule has 0 saturated carbocycles. The minimum atomic E-state index is -0.193. The van der Waals surface area contributed by atoms with Crippen LogP contribution in [0, 0.1) is 6.92 Å². The average Bonchev–Trinajstić information content (AvgIpc) is 2.44. The highest BCUT2D eigenvalue weighted by molar-refractivity contribution is 5.92. The lowest BCUT2D eigenvalue weighted by Gasteiger charge is -2.09. The number of anilines is 1. The van der Waals surface area contributed by atoms with Crippen LogP contribution in [0.1, 0.15) is 12.0 Å². The average molecular weight is 271 g/mol. The van der Waals surface area contributed by atoms with Gasteiger partial charge in [0.1, 0.15) is 11.5 Å². The molecule has 4 nitrogen and oxygen atoms in total. The Morgan fingerprint density at radius 3 is 2.70 bits per heavy atom. The molecular formula is C16H17NO3. The predicted molar refractivity (Wildman–Crippen MR) is 78.0 cm³/mol. The molecule has 0 aliphatic heterocycles. The molecule has 0 saturated heterocycles. The van der Waals surface area contributed by atoms with E-state index in [9.17, 15) is 9.90 Å². The van der Waals surface area contributed by atoms with Crippen molar-refractivity contribution in [1.82, 2.24) is 0 Å². The summed E-state index contributed by atoms with van der Waals surface area (Å²) >= 11 is 0. The Morgan fingerprint density at radius 2 is 1.95 bits per heavy atom. The number of carbonyl (C=O) groups is 1. The van der Waals surface area contributed by atoms with Gasteiger partial charge in [0.05, 0.1) is 18.7 Å². The number of phenols is 1. The second-order valence-corrected chi connectivity index (χ2v) is 4.48.